The third kappa shape index (κ3) is 10.6. The van der Waals surface area contributed by atoms with Crippen LogP contribution in [0.5, 0.6) is 0 Å². The van der Waals surface area contributed by atoms with Crippen LogP contribution in [-0.2, 0) is 51.0 Å². The molecule has 80 heavy (non-hydrogen) atoms. The standard InChI is InChI=1S/C62H54N10O8/c1-72-33-32-63-62(72)61-55-26-24-53(70-55)41(12-30-59(75)79-4)51-22-18-47(68-51)38(48-19-23-52(69-48)42(13-31-60(76)80-5)54-25-27-56(61)71-54)9-8-37-45-16-20-49(66-45)39(10-28-57(73)77-2)43-14-6-35(64-43)34-36-7-15-44(65-36)40(11-29-58(74)78-3)50-21-17-46(37)67-50/h6-7,14-27,32-34,63-65,70H,10-13,28-31H2,1-5H3. The summed E-state index contributed by atoms with van der Waals surface area (Å²) < 4.78 is 20.4. The summed E-state index contributed by atoms with van der Waals surface area (Å²) in [7, 11) is 7.42. The number of nitrogens with zero attached hydrogens (tertiary/aromatic N) is 6. The Morgan fingerprint density at radius 2 is 1.01 bits per heavy atom. The maximum absolute atomic E-state index is 12.8. The number of H-pyrrole nitrogens is 3. The Bertz CT molecular complexity index is 3910. The zero-order valence-corrected chi connectivity index (χ0v) is 44.6. The summed E-state index contributed by atoms with van der Waals surface area (Å²) >= 11 is 0. The number of hydrogen-bond acceptors (Lipinski definition) is 15. The maximum atomic E-state index is 12.8. The normalized spacial score (nSPS) is 16.5. The molecule has 400 valence electrons. The van der Waals surface area contributed by atoms with Gasteiger partial charge in [-0.1, -0.05) is 11.8 Å². The third-order valence-electron chi connectivity index (χ3n) is 14.3. The van der Waals surface area contributed by atoms with E-state index in [0.717, 1.165) is 67.1 Å². The highest BCUT2D eigenvalue weighted by Gasteiger charge is 2.28. The number of aryl methyl sites for hydroxylation is 2. The van der Waals surface area contributed by atoms with E-state index in [9.17, 15) is 19.2 Å². The lowest BCUT2D eigenvalue weighted by Gasteiger charge is -2.17. The number of fused-ring (bicyclic) bond motifs is 13. The number of rotatable bonds is 12. The highest BCUT2D eigenvalue weighted by Crippen LogP contribution is 2.36. The molecule has 0 radical (unpaired) electrons. The third-order valence-corrected chi connectivity index (χ3v) is 14.3. The molecule has 0 saturated carbocycles. The van der Waals surface area contributed by atoms with Gasteiger partial charge in [0.15, 0.2) is 0 Å². The summed E-state index contributed by atoms with van der Waals surface area (Å²) in [5, 5.41) is 3.38. The van der Waals surface area contributed by atoms with Crippen molar-refractivity contribution < 1.29 is 38.1 Å². The van der Waals surface area contributed by atoms with Crippen molar-refractivity contribution in [3.05, 3.63) is 176 Å². The molecule has 18 nitrogen and oxygen atoms in total. The van der Waals surface area contributed by atoms with E-state index in [1.807, 2.05) is 128 Å². The van der Waals surface area contributed by atoms with E-state index in [1.165, 1.54) is 28.4 Å². The second kappa shape index (κ2) is 22.4. The van der Waals surface area contributed by atoms with Crippen molar-refractivity contribution in [2.45, 2.75) is 51.4 Å². The van der Waals surface area contributed by atoms with Crippen LogP contribution in [0.3, 0.4) is 0 Å². The molecule has 0 unspecified atom stereocenters. The maximum Gasteiger partial charge on any atom is 0.305 e. The zero-order valence-electron chi connectivity index (χ0n) is 44.6. The average Bonchev–Trinajstić information content (AvgIpc) is 4.51. The van der Waals surface area contributed by atoms with Gasteiger partial charge in [0, 0.05) is 95.2 Å². The molecule has 4 aromatic heterocycles. The van der Waals surface area contributed by atoms with Gasteiger partial charge >= 0.3 is 23.9 Å². The fourth-order valence-electron chi connectivity index (χ4n) is 10.2. The fraction of sp³-hybridized carbons (Fsp3) is 0.210. The van der Waals surface area contributed by atoms with Gasteiger partial charge in [0.1, 0.15) is 5.82 Å². The van der Waals surface area contributed by atoms with Crippen molar-refractivity contribution >= 4 is 98.5 Å². The van der Waals surface area contributed by atoms with Gasteiger partial charge in [0.2, 0.25) is 0 Å². The Balaban J connectivity index is 1.16. The van der Waals surface area contributed by atoms with Crippen molar-refractivity contribution in [1.82, 2.24) is 35.1 Å². The highest BCUT2D eigenvalue weighted by atomic mass is 16.5. The molecule has 0 aliphatic carbocycles. The predicted molar refractivity (Wildman–Crippen MR) is 307 cm³/mol. The Kier molecular flexibility index (Phi) is 14.6. The molecule has 7 aliphatic heterocycles. The molecule has 7 aliphatic rings. The van der Waals surface area contributed by atoms with Gasteiger partial charge in [0.25, 0.3) is 0 Å². The minimum Gasteiger partial charge on any atom is -0.469 e. The Morgan fingerprint density at radius 1 is 0.512 bits per heavy atom. The van der Waals surface area contributed by atoms with Gasteiger partial charge in [0.05, 0.1) is 108 Å². The van der Waals surface area contributed by atoms with E-state index in [-0.39, 0.29) is 56.0 Å². The van der Waals surface area contributed by atoms with E-state index in [1.54, 1.807) is 0 Å². The molecular weight excluding hydrogens is 1010 g/mol. The molecule has 0 atom stereocenters. The minimum atomic E-state index is -0.381. The summed E-state index contributed by atoms with van der Waals surface area (Å²) in [4.78, 5) is 89.8. The van der Waals surface area contributed by atoms with Gasteiger partial charge < -0.3 is 44.1 Å². The quantitative estimate of drug-likeness (QED) is 0.0511. The lowest BCUT2D eigenvalue weighted by molar-refractivity contribution is -0.141. The second-order valence-electron chi connectivity index (χ2n) is 19.2. The summed E-state index contributed by atoms with van der Waals surface area (Å²) in [6.07, 6.45) is 24.4. The number of ether oxygens (including phenoxy) is 4. The second-order valence-corrected chi connectivity index (χ2v) is 19.2. The molecule has 4 N–H and O–H groups in total. The van der Waals surface area contributed by atoms with Crippen LogP contribution in [-0.4, -0.2) is 106 Å². The topological polar surface area (TPSA) is 231 Å². The van der Waals surface area contributed by atoms with Gasteiger partial charge in [-0.2, -0.15) is 0 Å². The molecule has 16 bridgehead atoms. The van der Waals surface area contributed by atoms with E-state index >= 15 is 0 Å². The number of carbonyl (C=O) groups excluding carboxylic acids is 4. The number of methoxy groups -OCH3 is 4. The Labute approximate surface area is 459 Å². The molecule has 0 fully saturated rings. The van der Waals surface area contributed by atoms with E-state index in [2.05, 4.69) is 32.1 Å². The van der Waals surface area contributed by atoms with Crippen molar-refractivity contribution in [2.75, 3.05) is 35.5 Å². The van der Waals surface area contributed by atoms with Crippen LogP contribution in [0.2, 0.25) is 0 Å². The number of aliphatic imine (C=N–C) groups is 3. The highest BCUT2D eigenvalue weighted by molar-refractivity contribution is 6.31. The van der Waals surface area contributed by atoms with Gasteiger partial charge in [-0.25, -0.2) is 24.9 Å². The van der Waals surface area contributed by atoms with Crippen LogP contribution in [0.4, 0.5) is 0 Å². The molecule has 18 heteroatoms. The zero-order chi connectivity index (χ0) is 55.4. The van der Waals surface area contributed by atoms with Crippen LogP contribution < -0.4 is 5.32 Å². The number of nitrogens with one attached hydrogen (secondary N) is 4. The first-order chi connectivity index (χ1) is 39.0. The molecule has 11 rings (SSSR count). The molecule has 0 saturated heterocycles. The molecule has 4 aromatic rings. The largest absolute Gasteiger partial charge is 0.469 e. The van der Waals surface area contributed by atoms with Gasteiger partial charge in [-0.3, -0.25) is 19.2 Å². The van der Waals surface area contributed by atoms with Crippen molar-refractivity contribution in [1.29, 1.82) is 0 Å². The van der Waals surface area contributed by atoms with Crippen LogP contribution in [0.15, 0.2) is 140 Å². The van der Waals surface area contributed by atoms with E-state index in [4.69, 9.17) is 43.9 Å². The first-order valence-corrected chi connectivity index (χ1v) is 26.0. The Hall–Kier alpha value is -10.2. The molecule has 0 aromatic carbocycles. The molecular formula is C62H54N10O8. The number of esters is 4. The van der Waals surface area contributed by atoms with Crippen LogP contribution >= 0.6 is 0 Å². The molecule has 0 amide bonds. The van der Waals surface area contributed by atoms with Crippen LogP contribution in [0, 0.1) is 11.8 Å². The number of aromatic nitrogens is 5. The molecule has 0 spiro atoms. The monoisotopic (exact) mass is 1070 g/mol. The number of hydrogen-bond donors (Lipinski definition) is 4. The van der Waals surface area contributed by atoms with Crippen LogP contribution in [0.25, 0.3) is 57.5 Å². The smallest absolute Gasteiger partial charge is 0.305 e. The summed E-state index contributed by atoms with van der Waals surface area (Å²) in [6.45, 7) is 0. The minimum absolute atomic E-state index is 0.0758. The van der Waals surface area contributed by atoms with Gasteiger partial charge in [-0.15, -0.1) is 0 Å². The average molecular weight is 1070 g/mol. The van der Waals surface area contributed by atoms with Crippen molar-refractivity contribution in [3.63, 3.8) is 0 Å². The predicted octanol–water partition coefficient (Wildman–Crippen LogP) is 9.09. The SMILES string of the molecule is COC(=O)CCC1=C2C=CC(=N2)C(=C2NC=CN2C)c2ccc([nH]2)C(CCC(=O)OC)=C2C=CC(=N2)C(C#Cc2c3nc(c(CCC(=O)OC)c4ccc(cc5ccc([nH]5)c(CCC(=O)OC)c5nc2C=C5)[nH]4)C=C3)=C2C=CC1=N2. The number of aromatic amines is 3. The lowest BCUT2D eigenvalue weighted by Crippen LogP contribution is -2.19. The fourth-order valence-corrected chi connectivity index (χ4v) is 10.2. The van der Waals surface area contributed by atoms with Gasteiger partial charge in [-0.05, 0) is 129 Å². The number of allylic oxidation sites excluding steroid dienone is 10. The first-order valence-electron chi connectivity index (χ1n) is 26.0. The lowest BCUT2D eigenvalue weighted by atomic mass is 10.0. The number of carbonyl (C=O) groups is 4. The summed E-state index contributed by atoms with van der Waals surface area (Å²) in [6, 6.07) is 13.8. The van der Waals surface area contributed by atoms with Crippen LogP contribution in [0.1, 0.15) is 89.4 Å². The van der Waals surface area contributed by atoms with E-state index < -0.39 is 0 Å². The van der Waals surface area contributed by atoms with Crippen molar-refractivity contribution in [3.8, 4) is 11.8 Å². The van der Waals surface area contributed by atoms with E-state index in [0.29, 0.717) is 87.4 Å². The summed E-state index contributed by atoms with van der Waals surface area (Å²) in [5.74, 6) is 6.33. The van der Waals surface area contributed by atoms with Crippen molar-refractivity contribution in [2.24, 2.45) is 15.0 Å². The summed E-state index contributed by atoms with van der Waals surface area (Å²) in [5.41, 5.74) is 15.2. The molecule has 11 heterocycles. The Morgan fingerprint density at radius 3 is 1.60 bits per heavy atom. The first kappa shape index (κ1) is 51.9.